The van der Waals surface area contributed by atoms with Crippen molar-refractivity contribution in [2.45, 2.75) is 26.4 Å². The van der Waals surface area contributed by atoms with Gasteiger partial charge in [0.1, 0.15) is 0 Å². The SMILES string of the molecule is CC[C@@H](C)[C@H](O)C(=O)OC. The molecule has 0 spiro atoms. The van der Waals surface area contributed by atoms with Gasteiger partial charge in [-0.05, 0) is 5.92 Å². The van der Waals surface area contributed by atoms with Gasteiger partial charge in [0.25, 0.3) is 0 Å². The van der Waals surface area contributed by atoms with Crippen molar-refractivity contribution in [2.75, 3.05) is 7.11 Å². The van der Waals surface area contributed by atoms with Crippen LogP contribution in [0, 0.1) is 5.92 Å². The average molecular weight is 146 g/mol. The second-order valence-electron chi connectivity index (χ2n) is 2.35. The summed E-state index contributed by atoms with van der Waals surface area (Å²) in [6, 6.07) is 0. The lowest BCUT2D eigenvalue weighted by molar-refractivity contribution is -0.153. The van der Waals surface area contributed by atoms with Gasteiger partial charge in [0.15, 0.2) is 6.10 Å². The summed E-state index contributed by atoms with van der Waals surface area (Å²) in [7, 11) is 1.27. The highest BCUT2D eigenvalue weighted by Crippen LogP contribution is 2.07. The third kappa shape index (κ3) is 2.35. The number of esters is 1. The molecule has 0 aliphatic rings. The maximum atomic E-state index is 10.6. The molecule has 3 nitrogen and oxygen atoms in total. The first-order chi connectivity index (χ1) is 4.63. The number of carbonyl (C=O) groups is 1. The van der Waals surface area contributed by atoms with Crippen molar-refractivity contribution in [1.82, 2.24) is 0 Å². The van der Waals surface area contributed by atoms with E-state index in [4.69, 9.17) is 5.11 Å². The van der Waals surface area contributed by atoms with Gasteiger partial charge in [-0.1, -0.05) is 20.3 Å². The molecule has 0 aromatic carbocycles. The lowest BCUT2D eigenvalue weighted by atomic mass is 10.0. The van der Waals surface area contributed by atoms with E-state index in [1.807, 2.05) is 13.8 Å². The van der Waals surface area contributed by atoms with Gasteiger partial charge >= 0.3 is 5.97 Å². The van der Waals surface area contributed by atoms with Crippen LogP contribution in [0.4, 0.5) is 0 Å². The van der Waals surface area contributed by atoms with E-state index in [1.165, 1.54) is 7.11 Å². The molecular weight excluding hydrogens is 132 g/mol. The minimum absolute atomic E-state index is 0.0209. The monoisotopic (exact) mass is 146 g/mol. The molecule has 0 rings (SSSR count). The number of aliphatic hydroxyl groups excluding tert-OH is 1. The predicted molar refractivity (Wildman–Crippen MR) is 37.5 cm³/mol. The minimum atomic E-state index is -0.963. The number of methoxy groups -OCH3 is 1. The van der Waals surface area contributed by atoms with Gasteiger partial charge in [-0.2, -0.15) is 0 Å². The third-order valence-corrected chi connectivity index (χ3v) is 1.63. The Morgan fingerprint density at radius 2 is 2.20 bits per heavy atom. The van der Waals surface area contributed by atoms with Crippen LogP contribution in [0.3, 0.4) is 0 Å². The third-order valence-electron chi connectivity index (χ3n) is 1.63. The Morgan fingerprint density at radius 3 is 2.50 bits per heavy atom. The highest BCUT2D eigenvalue weighted by Gasteiger charge is 2.20. The molecule has 0 aliphatic carbocycles. The normalized spacial score (nSPS) is 16.0. The largest absolute Gasteiger partial charge is 0.467 e. The number of ether oxygens (including phenoxy) is 1. The van der Waals surface area contributed by atoms with Crippen LogP contribution in [0.2, 0.25) is 0 Å². The fourth-order valence-electron chi connectivity index (χ4n) is 0.576. The van der Waals surface area contributed by atoms with Crippen LogP contribution in [0.15, 0.2) is 0 Å². The Kier molecular flexibility index (Phi) is 4.03. The molecular formula is C7H14O3. The zero-order valence-electron chi connectivity index (χ0n) is 6.63. The lowest BCUT2D eigenvalue weighted by Gasteiger charge is -2.13. The van der Waals surface area contributed by atoms with Crippen molar-refractivity contribution in [3.63, 3.8) is 0 Å². The molecule has 0 saturated carbocycles. The highest BCUT2D eigenvalue weighted by atomic mass is 16.5. The van der Waals surface area contributed by atoms with Crippen molar-refractivity contribution >= 4 is 5.97 Å². The first kappa shape index (κ1) is 9.43. The summed E-state index contributed by atoms with van der Waals surface area (Å²) in [6.45, 7) is 3.72. The summed E-state index contributed by atoms with van der Waals surface area (Å²) in [5, 5.41) is 9.11. The fraction of sp³-hybridized carbons (Fsp3) is 0.857. The van der Waals surface area contributed by atoms with Gasteiger partial charge < -0.3 is 9.84 Å². The van der Waals surface area contributed by atoms with Gasteiger partial charge in [-0.25, -0.2) is 4.79 Å². The van der Waals surface area contributed by atoms with Crippen LogP contribution < -0.4 is 0 Å². The molecule has 0 saturated heterocycles. The molecule has 0 heterocycles. The Balaban J connectivity index is 3.81. The summed E-state index contributed by atoms with van der Waals surface area (Å²) in [6.07, 6.45) is -0.189. The molecule has 0 aromatic heterocycles. The minimum Gasteiger partial charge on any atom is -0.467 e. The first-order valence-corrected chi connectivity index (χ1v) is 3.39. The molecule has 2 atom stereocenters. The number of hydrogen-bond acceptors (Lipinski definition) is 3. The molecule has 3 heteroatoms. The van der Waals surface area contributed by atoms with Gasteiger partial charge in [0.05, 0.1) is 7.11 Å². The van der Waals surface area contributed by atoms with E-state index in [0.717, 1.165) is 6.42 Å². The van der Waals surface area contributed by atoms with Crippen LogP contribution in [0.25, 0.3) is 0 Å². The quantitative estimate of drug-likeness (QED) is 0.592. The average Bonchev–Trinajstić information content (AvgIpc) is 2.00. The van der Waals surface area contributed by atoms with Crippen molar-refractivity contribution < 1.29 is 14.6 Å². The van der Waals surface area contributed by atoms with E-state index in [0.29, 0.717) is 0 Å². The zero-order valence-corrected chi connectivity index (χ0v) is 6.63. The Bertz CT molecular complexity index is 111. The van der Waals surface area contributed by atoms with Crippen molar-refractivity contribution in [1.29, 1.82) is 0 Å². The van der Waals surface area contributed by atoms with Crippen molar-refractivity contribution in [3.8, 4) is 0 Å². The van der Waals surface area contributed by atoms with Gasteiger partial charge in [-0.15, -0.1) is 0 Å². The van der Waals surface area contributed by atoms with Gasteiger partial charge in [0, 0.05) is 0 Å². The van der Waals surface area contributed by atoms with E-state index in [-0.39, 0.29) is 5.92 Å². The molecule has 0 unspecified atom stereocenters. The molecule has 60 valence electrons. The maximum absolute atomic E-state index is 10.6. The van der Waals surface area contributed by atoms with Crippen LogP contribution in [0.5, 0.6) is 0 Å². The molecule has 0 aromatic rings. The zero-order chi connectivity index (χ0) is 8.15. The molecule has 1 N–H and O–H groups in total. The first-order valence-electron chi connectivity index (χ1n) is 3.39. The van der Waals surface area contributed by atoms with Crippen LogP contribution in [0.1, 0.15) is 20.3 Å². The van der Waals surface area contributed by atoms with Crippen LogP contribution in [-0.2, 0) is 9.53 Å². The summed E-state index contributed by atoms with van der Waals surface area (Å²) < 4.78 is 4.35. The molecule has 10 heavy (non-hydrogen) atoms. The second-order valence-corrected chi connectivity index (χ2v) is 2.35. The molecule has 0 fully saturated rings. The maximum Gasteiger partial charge on any atom is 0.334 e. The summed E-state index contributed by atoms with van der Waals surface area (Å²) >= 11 is 0. The van der Waals surface area contributed by atoms with E-state index < -0.39 is 12.1 Å². The molecule has 0 radical (unpaired) electrons. The van der Waals surface area contributed by atoms with Crippen molar-refractivity contribution in [3.05, 3.63) is 0 Å². The Labute approximate surface area is 61.0 Å². The van der Waals surface area contributed by atoms with Gasteiger partial charge in [-0.3, -0.25) is 0 Å². The predicted octanol–water partition coefficient (Wildman–Crippen LogP) is 0.566. The number of rotatable bonds is 3. The number of hydrogen-bond donors (Lipinski definition) is 1. The fourth-order valence-corrected chi connectivity index (χ4v) is 0.576. The number of aliphatic hydroxyl groups is 1. The van der Waals surface area contributed by atoms with Gasteiger partial charge in [0.2, 0.25) is 0 Å². The van der Waals surface area contributed by atoms with Crippen LogP contribution >= 0.6 is 0 Å². The Morgan fingerprint density at radius 1 is 1.70 bits per heavy atom. The standard InChI is InChI=1S/C7H14O3/c1-4-5(2)6(8)7(9)10-3/h5-6,8H,4H2,1-3H3/t5-,6+/m1/s1. The van der Waals surface area contributed by atoms with E-state index >= 15 is 0 Å². The van der Waals surface area contributed by atoms with Crippen molar-refractivity contribution in [2.24, 2.45) is 5.92 Å². The van der Waals surface area contributed by atoms with E-state index in [1.54, 1.807) is 0 Å². The van der Waals surface area contributed by atoms with E-state index in [9.17, 15) is 4.79 Å². The molecule has 0 bridgehead atoms. The number of carbonyl (C=O) groups excluding carboxylic acids is 1. The second kappa shape index (κ2) is 4.28. The summed E-state index contributed by atoms with van der Waals surface area (Å²) in [5.41, 5.74) is 0. The molecule has 0 amide bonds. The van der Waals surface area contributed by atoms with E-state index in [2.05, 4.69) is 4.74 Å². The van der Waals surface area contributed by atoms with Crippen LogP contribution in [-0.4, -0.2) is 24.3 Å². The Hall–Kier alpha value is -0.570. The molecule has 0 aliphatic heterocycles. The summed E-state index contributed by atoms with van der Waals surface area (Å²) in [4.78, 5) is 10.6. The topological polar surface area (TPSA) is 46.5 Å². The summed E-state index contributed by atoms with van der Waals surface area (Å²) in [5.74, 6) is -0.568. The highest BCUT2D eigenvalue weighted by molar-refractivity contribution is 5.74. The smallest absolute Gasteiger partial charge is 0.334 e. The lowest BCUT2D eigenvalue weighted by Crippen LogP contribution is -2.28.